The maximum absolute atomic E-state index is 2.44. The molecule has 0 spiro atoms. The number of allylic oxidation sites excluding steroid dienone is 4. The quantitative estimate of drug-likeness (QED) is 0.151. The van der Waals surface area contributed by atoms with Crippen molar-refractivity contribution in [2.24, 2.45) is 0 Å². The molecule has 0 unspecified atom stereocenters. The molecular formula is C76H58. The molecule has 0 aromatic heterocycles. The van der Waals surface area contributed by atoms with Gasteiger partial charge in [-0.1, -0.05) is 238 Å². The number of fused-ring (bicyclic) bond motifs is 15. The zero-order valence-electron chi connectivity index (χ0n) is 43.4. The van der Waals surface area contributed by atoms with Crippen LogP contribution in [0, 0.1) is 6.92 Å². The molecule has 0 heterocycles. The number of hydrogen-bond acceptors (Lipinski definition) is 0. The van der Waals surface area contributed by atoms with Crippen LogP contribution in [0.4, 0.5) is 0 Å². The highest BCUT2D eigenvalue weighted by Gasteiger charge is 2.17. The van der Waals surface area contributed by atoms with Gasteiger partial charge in [-0.2, -0.15) is 0 Å². The lowest BCUT2D eigenvalue weighted by Crippen LogP contribution is -1.93. The van der Waals surface area contributed by atoms with E-state index in [2.05, 4.69) is 268 Å². The molecule has 0 radical (unpaired) electrons. The van der Waals surface area contributed by atoms with E-state index in [9.17, 15) is 0 Å². The van der Waals surface area contributed by atoms with Gasteiger partial charge in [0.1, 0.15) is 0 Å². The van der Waals surface area contributed by atoms with Gasteiger partial charge in [0.2, 0.25) is 0 Å². The maximum Gasteiger partial charge on any atom is -0.00199 e. The van der Waals surface area contributed by atoms with E-state index < -0.39 is 0 Å². The van der Waals surface area contributed by atoms with E-state index in [-0.39, 0.29) is 0 Å². The Morgan fingerprint density at radius 2 is 0.750 bits per heavy atom. The fraction of sp³-hybridized carbons (Fsp3) is 0.0789. The Kier molecular flexibility index (Phi) is 12.3. The number of aryl methyl sites for hydroxylation is 1. The Balaban J connectivity index is 0.000000299. The molecule has 76 heavy (non-hydrogen) atoms. The predicted octanol–water partition coefficient (Wildman–Crippen LogP) is 21.9. The zero-order chi connectivity index (χ0) is 51.1. The summed E-state index contributed by atoms with van der Waals surface area (Å²) in [6.07, 6.45) is 10.4. The molecule has 0 bridgehead atoms. The first kappa shape index (κ1) is 46.7. The fourth-order valence-electron chi connectivity index (χ4n) is 12.1. The third-order valence-electron chi connectivity index (χ3n) is 15.9. The summed E-state index contributed by atoms with van der Waals surface area (Å²) >= 11 is 0. The van der Waals surface area contributed by atoms with Gasteiger partial charge in [-0.25, -0.2) is 0 Å². The number of hydrogen-bond donors (Lipinski definition) is 0. The van der Waals surface area contributed by atoms with Crippen LogP contribution in [0.15, 0.2) is 266 Å². The van der Waals surface area contributed by atoms with Crippen LogP contribution < -0.4 is 0 Å². The van der Waals surface area contributed by atoms with Gasteiger partial charge in [0, 0.05) is 0 Å². The van der Waals surface area contributed by atoms with E-state index >= 15 is 0 Å². The summed E-state index contributed by atoms with van der Waals surface area (Å²) in [5.41, 5.74) is 11.8. The van der Waals surface area contributed by atoms with Crippen LogP contribution in [0.3, 0.4) is 0 Å². The molecule has 0 fully saturated rings. The Bertz CT molecular complexity index is 4640. The molecule has 0 saturated carbocycles. The van der Waals surface area contributed by atoms with Gasteiger partial charge in [-0.05, 0) is 210 Å². The zero-order valence-corrected chi connectivity index (χ0v) is 43.4. The first-order valence-electron chi connectivity index (χ1n) is 27.2. The number of rotatable bonds is 5. The van der Waals surface area contributed by atoms with Crippen LogP contribution in [0.25, 0.3) is 130 Å². The van der Waals surface area contributed by atoms with Gasteiger partial charge in [0.25, 0.3) is 0 Å². The van der Waals surface area contributed by atoms with Gasteiger partial charge in [-0.3, -0.25) is 0 Å². The third kappa shape index (κ3) is 8.37. The highest BCUT2D eigenvalue weighted by molar-refractivity contribution is 6.33. The summed E-state index contributed by atoms with van der Waals surface area (Å²) in [6.45, 7) is 6.18. The van der Waals surface area contributed by atoms with Crippen LogP contribution in [0.1, 0.15) is 37.8 Å². The summed E-state index contributed by atoms with van der Waals surface area (Å²) in [5.74, 6) is 0. The molecule has 0 atom stereocenters. The average molecular weight is 971 g/mol. The monoisotopic (exact) mass is 970 g/mol. The van der Waals surface area contributed by atoms with E-state index in [1.54, 1.807) is 0 Å². The third-order valence-corrected chi connectivity index (χ3v) is 15.9. The van der Waals surface area contributed by atoms with Gasteiger partial charge in [-0.15, -0.1) is 0 Å². The first-order chi connectivity index (χ1) is 37.6. The largest absolute Gasteiger partial charge is 0.0840 e. The summed E-state index contributed by atoms with van der Waals surface area (Å²) in [4.78, 5) is 0. The fourth-order valence-corrected chi connectivity index (χ4v) is 12.1. The lowest BCUT2D eigenvalue weighted by molar-refractivity contribution is 0.991. The topological polar surface area (TPSA) is 0 Å². The molecule has 0 saturated heterocycles. The van der Waals surface area contributed by atoms with E-state index in [0.29, 0.717) is 0 Å². The average Bonchev–Trinajstić information content (AvgIpc) is 3.51. The highest BCUT2D eigenvalue weighted by Crippen LogP contribution is 2.44. The molecule has 0 N–H and O–H groups in total. The van der Waals surface area contributed by atoms with Crippen molar-refractivity contribution in [2.75, 3.05) is 0 Å². The van der Waals surface area contributed by atoms with Crippen molar-refractivity contribution in [3.8, 4) is 33.4 Å². The van der Waals surface area contributed by atoms with Gasteiger partial charge < -0.3 is 0 Å². The lowest BCUT2D eigenvalue weighted by atomic mass is 9.87. The Labute approximate surface area is 445 Å². The molecule has 14 aromatic rings. The van der Waals surface area contributed by atoms with Crippen molar-refractivity contribution in [1.82, 2.24) is 0 Å². The minimum absolute atomic E-state index is 1.09. The minimum atomic E-state index is 1.09. The van der Waals surface area contributed by atoms with Crippen molar-refractivity contribution in [1.29, 1.82) is 0 Å². The maximum atomic E-state index is 2.44. The minimum Gasteiger partial charge on any atom is -0.0840 e. The van der Waals surface area contributed by atoms with Crippen molar-refractivity contribution in [3.05, 3.63) is 278 Å². The van der Waals surface area contributed by atoms with Crippen molar-refractivity contribution in [2.45, 2.75) is 40.0 Å². The summed E-state index contributed by atoms with van der Waals surface area (Å²) in [6, 6.07) is 90.1. The second kappa shape index (κ2) is 20.0. The summed E-state index contributed by atoms with van der Waals surface area (Å²) in [5, 5.41) is 23.1. The van der Waals surface area contributed by atoms with Crippen LogP contribution in [0.2, 0.25) is 0 Å². The predicted molar refractivity (Wildman–Crippen MR) is 333 cm³/mol. The molecule has 0 aliphatic heterocycles. The van der Waals surface area contributed by atoms with Gasteiger partial charge >= 0.3 is 0 Å². The van der Waals surface area contributed by atoms with Crippen LogP contribution in [-0.4, -0.2) is 0 Å². The SMILES string of the molecule is CC.Cc1ccccc1CC1=CCCC=C1.c1ccc2c(c1)ccc1cc(-c3ccc4cc(-c5ccc6ccc(-c7cc8c9ccccc9c9ccccc9c8c8ccccc78)cc6c5)ccc4c3)c3ccccc3c12. The molecule has 1 aliphatic carbocycles. The molecule has 14 aromatic carbocycles. The molecule has 362 valence electrons. The van der Waals surface area contributed by atoms with Crippen molar-refractivity contribution in [3.63, 3.8) is 0 Å². The standard InChI is InChI=1S/C60H36.C14H16.C2H6/c1-2-12-47-38(11-1)23-30-45-35-56(51-16-6-8-18-53(51)59(45)47)43-29-27-40-31-39(25-26-41(40)32-43)42-24-21-37-22-28-44(34-46(37)33-42)57-36-58-50-15-4-3-13-48(50)49-14-5-9-19-54(49)60(58)55-20-10-7-17-52(55)57;1-12-7-5-6-10-14(12)11-13-8-3-2-4-9-13;1-2/h1-36H;3,5-10H,2,4,11H2,1H3;1-2H3. The molecule has 15 rings (SSSR count). The smallest absolute Gasteiger partial charge is 0.00199 e. The van der Waals surface area contributed by atoms with Gasteiger partial charge in [0.15, 0.2) is 0 Å². The number of benzene rings is 14. The van der Waals surface area contributed by atoms with E-state index in [0.717, 1.165) is 6.42 Å². The van der Waals surface area contributed by atoms with Crippen molar-refractivity contribution >= 4 is 97.0 Å². The van der Waals surface area contributed by atoms with Gasteiger partial charge in [0.05, 0.1) is 0 Å². The van der Waals surface area contributed by atoms with Crippen LogP contribution in [-0.2, 0) is 6.42 Å². The lowest BCUT2D eigenvalue weighted by Gasteiger charge is -2.16. The second-order valence-corrected chi connectivity index (χ2v) is 20.3. The van der Waals surface area contributed by atoms with Crippen molar-refractivity contribution < 1.29 is 0 Å². The normalized spacial score (nSPS) is 12.4. The van der Waals surface area contributed by atoms with E-state index in [4.69, 9.17) is 0 Å². The molecular weight excluding hydrogens is 913 g/mol. The second-order valence-electron chi connectivity index (χ2n) is 20.3. The summed E-state index contributed by atoms with van der Waals surface area (Å²) in [7, 11) is 0. The molecule has 1 aliphatic rings. The Hall–Kier alpha value is -9.10. The van der Waals surface area contributed by atoms with Crippen LogP contribution >= 0.6 is 0 Å². The molecule has 0 nitrogen and oxygen atoms in total. The highest BCUT2D eigenvalue weighted by atomic mass is 14.2. The van der Waals surface area contributed by atoms with E-state index in [1.807, 2.05) is 13.8 Å². The Morgan fingerprint density at radius 3 is 1.39 bits per heavy atom. The van der Waals surface area contributed by atoms with Crippen LogP contribution in [0.5, 0.6) is 0 Å². The molecule has 0 heteroatoms. The van der Waals surface area contributed by atoms with E-state index in [1.165, 1.54) is 160 Å². The molecule has 0 amide bonds. The Morgan fingerprint density at radius 1 is 0.303 bits per heavy atom. The summed E-state index contributed by atoms with van der Waals surface area (Å²) < 4.78 is 0. The first-order valence-corrected chi connectivity index (χ1v) is 27.2.